The van der Waals surface area contributed by atoms with Gasteiger partial charge in [-0.2, -0.15) is 8.42 Å². The molecule has 0 aliphatic carbocycles. The number of nitrogens with one attached hydrogen (secondary N) is 1. The molecule has 2 N–H and O–H groups in total. The van der Waals surface area contributed by atoms with E-state index in [1.807, 2.05) is 24.3 Å². The summed E-state index contributed by atoms with van der Waals surface area (Å²) in [6.07, 6.45) is 3.31. The zero-order chi connectivity index (χ0) is 20.6. The fraction of sp³-hybridized carbons (Fsp3) is 0. The van der Waals surface area contributed by atoms with Crippen LogP contribution < -0.4 is 5.32 Å². The van der Waals surface area contributed by atoms with Crippen LogP contribution in [0.2, 0.25) is 0 Å². The van der Waals surface area contributed by atoms with Crippen molar-refractivity contribution in [1.82, 2.24) is 10.3 Å². The minimum atomic E-state index is -4.28. The van der Waals surface area contributed by atoms with Crippen molar-refractivity contribution in [3.8, 4) is 0 Å². The molecule has 1 aliphatic heterocycles. The lowest BCUT2D eigenvalue weighted by atomic mass is 10.1. The number of aromatic carboxylic acids is 1. The molecule has 0 radical (unpaired) electrons. The molecule has 0 saturated carbocycles. The third kappa shape index (κ3) is 3.92. The maximum atomic E-state index is 12.5. The molecule has 3 heterocycles. The van der Waals surface area contributed by atoms with E-state index in [2.05, 4.69) is 14.7 Å². The summed E-state index contributed by atoms with van der Waals surface area (Å²) in [6.45, 7) is 0. The van der Waals surface area contributed by atoms with E-state index in [0.717, 1.165) is 39.6 Å². The maximum absolute atomic E-state index is 12.5. The van der Waals surface area contributed by atoms with Gasteiger partial charge in [-0.25, -0.2) is 4.79 Å². The van der Waals surface area contributed by atoms with Gasteiger partial charge in [-0.3, -0.25) is 15.1 Å². The number of amides is 1. The van der Waals surface area contributed by atoms with Crippen molar-refractivity contribution >= 4 is 67.1 Å². The molecule has 0 unspecified atom stereocenters. The van der Waals surface area contributed by atoms with Gasteiger partial charge >= 0.3 is 5.97 Å². The molecular formula is C18H11N3O5S3. The molecule has 1 aliphatic rings. The average Bonchev–Trinajstić information content (AvgIpc) is 3.29. The Balaban J connectivity index is 1.63. The number of carbonyl (C=O) groups excluding carboxylic acids is 1. The zero-order valence-corrected chi connectivity index (χ0v) is 16.8. The molecule has 1 saturated heterocycles. The molecule has 4 rings (SSSR count). The Bertz CT molecular complexity index is 1330. The second kappa shape index (κ2) is 7.43. The van der Waals surface area contributed by atoms with Gasteiger partial charge in [0.1, 0.15) is 9.77 Å². The number of carboxylic acid groups (broad SMARTS) is 1. The third-order valence-electron chi connectivity index (χ3n) is 3.88. The summed E-state index contributed by atoms with van der Waals surface area (Å²) < 4.78 is 28.5. The van der Waals surface area contributed by atoms with Crippen LogP contribution in [0.1, 0.15) is 15.2 Å². The number of carbonyl (C=O) groups is 2. The van der Waals surface area contributed by atoms with Crippen LogP contribution in [0.15, 0.2) is 62.2 Å². The topological polar surface area (TPSA) is 126 Å². The van der Waals surface area contributed by atoms with E-state index >= 15 is 0 Å². The number of amidine groups is 1. The summed E-state index contributed by atoms with van der Waals surface area (Å²) in [4.78, 5) is 27.2. The number of fused-ring (bicyclic) bond motifs is 1. The molecule has 29 heavy (non-hydrogen) atoms. The first-order valence-electron chi connectivity index (χ1n) is 8.05. The lowest BCUT2D eigenvalue weighted by Gasteiger charge is -1.99. The number of sulfonamides is 1. The molecule has 1 amide bonds. The normalized spacial score (nSPS) is 17.2. The number of rotatable bonds is 4. The van der Waals surface area contributed by atoms with E-state index in [-0.39, 0.29) is 14.9 Å². The van der Waals surface area contributed by atoms with Crippen LogP contribution in [0.4, 0.5) is 0 Å². The highest BCUT2D eigenvalue weighted by atomic mass is 32.2. The Morgan fingerprint density at radius 1 is 1.24 bits per heavy atom. The number of thioether (sulfide) groups is 1. The van der Waals surface area contributed by atoms with Crippen LogP contribution in [-0.4, -0.2) is 35.6 Å². The van der Waals surface area contributed by atoms with E-state index < -0.39 is 26.8 Å². The molecule has 146 valence electrons. The van der Waals surface area contributed by atoms with E-state index in [4.69, 9.17) is 5.11 Å². The van der Waals surface area contributed by atoms with Gasteiger partial charge in [-0.1, -0.05) is 12.1 Å². The van der Waals surface area contributed by atoms with Gasteiger partial charge in [0.25, 0.3) is 15.9 Å². The summed E-state index contributed by atoms with van der Waals surface area (Å²) in [5.41, 5.74) is 1.56. The average molecular weight is 446 g/mol. The van der Waals surface area contributed by atoms with Gasteiger partial charge in [0.2, 0.25) is 0 Å². The zero-order valence-electron chi connectivity index (χ0n) is 14.4. The van der Waals surface area contributed by atoms with Gasteiger partial charge < -0.3 is 5.11 Å². The van der Waals surface area contributed by atoms with E-state index in [9.17, 15) is 18.0 Å². The number of benzene rings is 1. The van der Waals surface area contributed by atoms with E-state index in [0.29, 0.717) is 0 Å². The van der Waals surface area contributed by atoms with Crippen LogP contribution in [0.5, 0.6) is 0 Å². The molecule has 1 aromatic carbocycles. The summed E-state index contributed by atoms with van der Waals surface area (Å²) in [6, 6.07) is 10.4. The highest BCUT2D eigenvalue weighted by molar-refractivity contribution is 8.19. The van der Waals surface area contributed by atoms with Crippen molar-refractivity contribution in [2.45, 2.75) is 4.90 Å². The second-order valence-corrected chi connectivity index (χ2v) is 9.33. The molecule has 2 aromatic heterocycles. The van der Waals surface area contributed by atoms with E-state index in [1.54, 1.807) is 18.3 Å². The van der Waals surface area contributed by atoms with Crippen LogP contribution in [-0.2, 0) is 14.8 Å². The molecule has 11 heteroatoms. The lowest BCUT2D eigenvalue weighted by Crippen LogP contribution is -2.21. The van der Waals surface area contributed by atoms with Crippen LogP contribution in [0.25, 0.3) is 17.0 Å². The monoisotopic (exact) mass is 445 g/mol. The van der Waals surface area contributed by atoms with Crippen molar-refractivity contribution in [3.63, 3.8) is 0 Å². The number of carboxylic acids is 1. The van der Waals surface area contributed by atoms with Gasteiger partial charge in [0.05, 0.1) is 10.4 Å². The van der Waals surface area contributed by atoms with Gasteiger partial charge in [0.15, 0.2) is 5.17 Å². The van der Waals surface area contributed by atoms with Crippen molar-refractivity contribution in [3.05, 3.63) is 63.3 Å². The number of aromatic nitrogens is 1. The van der Waals surface area contributed by atoms with Crippen LogP contribution in [0, 0.1) is 0 Å². The Morgan fingerprint density at radius 2 is 2.07 bits per heavy atom. The number of nitrogens with zero attached hydrogens (tertiary/aromatic N) is 2. The quantitative estimate of drug-likeness (QED) is 0.591. The first kappa shape index (κ1) is 19.3. The highest BCUT2D eigenvalue weighted by Crippen LogP contribution is 2.30. The molecule has 0 bridgehead atoms. The summed E-state index contributed by atoms with van der Waals surface area (Å²) in [7, 11) is -4.28. The lowest BCUT2D eigenvalue weighted by molar-refractivity contribution is -0.115. The smallest absolute Gasteiger partial charge is 0.347 e. The first-order valence-corrected chi connectivity index (χ1v) is 11.2. The first-order chi connectivity index (χ1) is 13.8. The maximum Gasteiger partial charge on any atom is 0.347 e. The number of pyridine rings is 1. The molecule has 1 fully saturated rings. The summed E-state index contributed by atoms with van der Waals surface area (Å²) >= 11 is 1.66. The highest BCUT2D eigenvalue weighted by Gasteiger charge is 2.29. The van der Waals surface area contributed by atoms with Gasteiger partial charge in [-0.05, 0) is 53.0 Å². The Kier molecular flexibility index (Phi) is 4.94. The number of hydrogen-bond acceptors (Lipinski definition) is 7. The minimum Gasteiger partial charge on any atom is -0.477 e. The van der Waals surface area contributed by atoms with Crippen LogP contribution in [0.3, 0.4) is 0 Å². The Labute approximate surface area is 173 Å². The Morgan fingerprint density at radius 3 is 2.86 bits per heavy atom. The predicted octanol–water partition coefficient (Wildman–Crippen LogP) is 2.94. The Hall–Kier alpha value is -3.02. The largest absolute Gasteiger partial charge is 0.477 e. The SMILES string of the molecule is O=C1NC(=NS(=O)(=O)c2ccsc2C(=O)O)SC1=Cc1ccc2ncccc2c1. The fourth-order valence-electron chi connectivity index (χ4n) is 2.62. The van der Waals surface area contributed by atoms with Crippen molar-refractivity contribution in [1.29, 1.82) is 0 Å². The molecule has 8 nitrogen and oxygen atoms in total. The molecule has 0 spiro atoms. The summed E-state index contributed by atoms with van der Waals surface area (Å²) in [5.74, 6) is -1.84. The minimum absolute atomic E-state index is 0.133. The molecular weight excluding hydrogens is 434 g/mol. The third-order valence-corrected chi connectivity index (χ3v) is 7.26. The van der Waals surface area contributed by atoms with Crippen LogP contribution >= 0.6 is 23.1 Å². The summed E-state index contributed by atoms with van der Waals surface area (Å²) in [5, 5.41) is 13.6. The van der Waals surface area contributed by atoms with Gasteiger partial charge in [0, 0.05) is 11.6 Å². The molecule has 3 aromatic rings. The van der Waals surface area contributed by atoms with Crippen molar-refractivity contribution in [2.75, 3.05) is 0 Å². The van der Waals surface area contributed by atoms with Crippen molar-refractivity contribution in [2.24, 2.45) is 4.40 Å². The second-order valence-electron chi connectivity index (χ2n) is 5.81. The fourth-order valence-corrected chi connectivity index (χ4v) is 5.85. The van der Waals surface area contributed by atoms with Gasteiger partial charge in [-0.15, -0.1) is 15.7 Å². The van der Waals surface area contributed by atoms with E-state index in [1.165, 1.54) is 11.4 Å². The molecule has 0 atom stereocenters. The predicted molar refractivity (Wildman–Crippen MR) is 111 cm³/mol. The number of hydrogen-bond donors (Lipinski definition) is 2. The standard InChI is InChI=1S/C18H11N3O5S3/c22-16-13(9-10-3-4-12-11(8-10)2-1-6-19-12)28-18(20-16)21-29(25,26)14-5-7-27-15(14)17(23)24/h1-9H,(H,23,24)(H,20,21,22). The van der Waals surface area contributed by atoms with Crippen molar-refractivity contribution < 1.29 is 23.1 Å². The number of thiophene rings is 1.